The number of benzene rings is 1. The van der Waals surface area contributed by atoms with Crippen molar-refractivity contribution in [3.8, 4) is 5.75 Å². The Balaban J connectivity index is 2.96. The molecule has 0 aliphatic carbocycles. The first-order valence-electron chi connectivity index (χ1n) is 4.62. The summed E-state index contributed by atoms with van der Waals surface area (Å²) in [5, 5.41) is 0. The van der Waals surface area contributed by atoms with Gasteiger partial charge in [-0.1, -0.05) is 0 Å². The van der Waals surface area contributed by atoms with Gasteiger partial charge in [-0.05, 0) is 26.0 Å². The maximum atomic E-state index is 13.3. The molecule has 0 saturated carbocycles. The molecule has 0 unspecified atom stereocenters. The van der Waals surface area contributed by atoms with E-state index in [1.54, 1.807) is 6.07 Å². The Bertz CT molecular complexity index is 312. The highest BCUT2D eigenvalue weighted by molar-refractivity contribution is 5.49. The van der Waals surface area contributed by atoms with Crippen molar-refractivity contribution in [3.05, 3.63) is 24.0 Å². The van der Waals surface area contributed by atoms with Crippen LogP contribution in [0, 0.1) is 5.82 Å². The van der Waals surface area contributed by atoms with Crippen LogP contribution in [0.15, 0.2) is 18.2 Å². The first-order valence-corrected chi connectivity index (χ1v) is 4.62. The van der Waals surface area contributed by atoms with Gasteiger partial charge in [0.1, 0.15) is 0 Å². The summed E-state index contributed by atoms with van der Waals surface area (Å²) < 4.78 is 18.2. The summed E-state index contributed by atoms with van der Waals surface area (Å²) >= 11 is 0. The quantitative estimate of drug-likeness (QED) is 0.738. The Morgan fingerprint density at radius 1 is 1.36 bits per heavy atom. The number of methoxy groups -OCH3 is 1. The van der Waals surface area contributed by atoms with Crippen LogP contribution in [0.25, 0.3) is 0 Å². The second kappa shape index (κ2) is 4.31. The summed E-state index contributed by atoms with van der Waals surface area (Å²) in [5.74, 6) is -0.0385. The minimum absolute atomic E-state index is 0.283. The number of ether oxygens (including phenoxy) is 1. The van der Waals surface area contributed by atoms with Gasteiger partial charge in [0, 0.05) is 24.8 Å². The van der Waals surface area contributed by atoms with E-state index in [1.165, 1.54) is 13.2 Å². The third-order valence-corrected chi connectivity index (χ3v) is 2.32. The van der Waals surface area contributed by atoms with E-state index in [1.807, 2.05) is 18.0 Å². The van der Waals surface area contributed by atoms with Crippen LogP contribution in [-0.4, -0.2) is 20.2 Å². The molecule has 0 aliphatic heterocycles. The predicted molar refractivity (Wildman–Crippen MR) is 56.5 cm³/mol. The van der Waals surface area contributed by atoms with Crippen LogP contribution in [-0.2, 0) is 0 Å². The van der Waals surface area contributed by atoms with Crippen molar-refractivity contribution < 1.29 is 9.13 Å². The normalized spacial score (nSPS) is 10.4. The lowest BCUT2D eigenvalue weighted by Gasteiger charge is -2.23. The summed E-state index contributed by atoms with van der Waals surface area (Å²) in [4.78, 5) is 2.00. The van der Waals surface area contributed by atoms with Gasteiger partial charge in [0.25, 0.3) is 0 Å². The van der Waals surface area contributed by atoms with E-state index >= 15 is 0 Å². The highest BCUT2D eigenvalue weighted by Crippen LogP contribution is 2.23. The number of rotatable bonds is 3. The Hall–Kier alpha value is -1.25. The summed E-state index contributed by atoms with van der Waals surface area (Å²) in [6, 6.07) is 5.33. The van der Waals surface area contributed by atoms with Crippen LogP contribution >= 0.6 is 0 Å². The Labute approximate surface area is 84.3 Å². The Morgan fingerprint density at radius 2 is 2.00 bits per heavy atom. The van der Waals surface area contributed by atoms with Gasteiger partial charge in [-0.2, -0.15) is 0 Å². The van der Waals surface area contributed by atoms with Gasteiger partial charge in [-0.25, -0.2) is 4.39 Å². The van der Waals surface area contributed by atoms with E-state index in [-0.39, 0.29) is 11.6 Å². The zero-order valence-electron chi connectivity index (χ0n) is 9.04. The number of anilines is 1. The molecule has 0 aliphatic rings. The molecule has 0 bridgehead atoms. The fraction of sp³-hybridized carbons (Fsp3) is 0.455. The molecule has 0 heterocycles. The summed E-state index contributed by atoms with van der Waals surface area (Å²) in [7, 11) is 3.40. The monoisotopic (exact) mass is 197 g/mol. The zero-order chi connectivity index (χ0) is 10.7. The van der Waals surface area contributed by atoms with E-state index in [9.17, 15) is 4.39 Å². The van der Waals surface area contributed by atoms with Gasteiger partial charge >= 0.3 is 0 Å². The average molecular weight is 197 g/mol. The zero-order valence-corrected chi connectivity index (χ0v) is 9.04. The van der Waals surface area contributed by atoms with Crippen molar-refractivity contribution in [2.24, 2.45) is 0 Å². The molecule has 0 atom stereocenters. The van der Waals surface area contributed by atoms with Crippen LogP contribution in [0.2, 0.25) is 0 Å². The molecule has 1 aromatic carbocycles. The van der Waals surface area contributed by atoms with Crippen LogP contribution < -0.4 is 9.64 Å². The smallest absolute Gasteiger partial charge is 0.167 e. The first kappa shape index (κ1) is 10.8. The summed E-state index contributed by atoms with van der Waals surface area (Å²) in [5.41, 5.74) is 0.860. The van der Waals surface area contributed by atoms with Crippen molar-refractivity contribution in [3.63, 3.8) is 0 Å². The maximum Gasteiger partial charge on any atom is 0.167 e. The number of hydrogen-bond acceptors (Lipinski definition) is 2. The number of halogens is 1. The van der Waals surface area contributed by atoms with E-state index < -0.39 is 0 Å². The molecule has 3 heteroatoms. The fourth-order valence-corrected chi connectivity index (χ4v) is 1.17. The Morgan fingerprint density at radius 3 is 2.43 bits per heavy atom. The molecule has 0 fully saturated rings. The van der Waals surface area contributed by atoms with Crippen LogP contribution in [0.1, 0.15) is 13.8 Å². The van der Waals surface area contributed by atoms with Gasteiger partial charge in [0.2, 0.25) is 0 Å². The molecular formula is C11H16FNO. The minimum Gasteiger partial charge on any atom is -0.494 e. The molecule has 0 aromatic heterocycles. The molecule has 0 N–H and O–H groups in total. The van der Waals surface area contributed by atoms with Gasteiger partial charge < -0.3 is 9.64 Å². The first-order chi connectivity index (χ1) is 6.56. The molecule has 0 radical (unpaired) electrons. The van der Waals surface area contributed by atoms with Crippen LogP contribution in [0.5, 0.6) is 5.75 Å². The van der Waals surface area contributed by atoms with Gasteiger partial charge in [-0.15, -0.1) is 0 Å². The standard InChI is InChI=1S/C11H16FNO/c1-8(2)13(3)9-5-6-11(14-4)10(12)7-9/h5-8H,1-4H3. The predicted octanol–water partition coefficient (Wildman–Crippen LogP) is 2.68. The van der Waals surface area contributed by atoms with Crippen molar-refractivity contribution >= 4 is 5.69 Å². The van der Waals surface area contributed by atoms with E-state index in [4.69, 9.17) is 4.74 Å². The van der Waals surface area contributed by atoms with Crippen molar-refractivity contribution in [2.75, 3.05) is 19.1 Å². The molecule has 1 rings (SSSR count). The second-order valence-corrected chi connectivity index (χ2v) is 3.52. The summed E-state index contributed by atoms with van der Waals surface area (Å²) in [6.07, 6.45) is 0. The fourth-order valence-electron chi connectivity index (χ4n) is 1.17. The topological polar surface area (TPSA) is 12.5 Å². The third-order valence-electron chi connectivity index (χ3n) is 2.32. The maximum absolute atomic E-state index is 13.3. The van der Waals surface area contributed by atoms with Crippen molar-refractivity contribution in [1.29, 1.82) is 0 Å². The van der Waals surface area contributed by atoms with E-state index in [0.717, 1.165) is 5.69 Å². The molecule has 0 amide bonds. The molecule has 0 spiro atoms. The van der Waals surface area contributed by atoms with Gasteiger partial charge in [0.05, 0.1) is 7.11 Å². The van der Waals surface area contributed by atoms with Crippen molar-refractivity contribution in [2.45, 2.75) is 19.9 Å². The number of nitrogens with zero attached hydrogens (tertiary/aromatic N) is 1. The van der Waals surface area contributed by atoms with Crippen molar-refractivity contribution in [1.82, 2.24) is 0 Å². The lowest BCUT2D eigenvalue weighted by Crippen LogP contribution is -2.25. The number of hydrogen-bond donors (Lipinski definition) is 0. The SMILES string of the molecule is COc1ccc(N(C)C(C)C)cc1F. The van der Waals surface area contributed by atoms with E-state index in [0.29, 0.717) is 6.04 Å². The molecule has 1 aromatic rings. The lowest BCUT2D eigenvalue weighted by atomic mass is 10.2. The van der Waals surface area contributed by atoms with Gasteiger partial charge in [0.15, 0.2) is 11.6 Å². The van der Waals surface area contributed by atoms with E-state index in [2.05, 4.69) is 13.8 Å². The van der Waals surface area contributed by atoms with Crippen LogP contribution in [0.4, 0.5) is 10.1 Å². The summed E-state index contributed by atoms with van der Waals surface area (Å²) in [6.45, 7) is 4.12. The van der Waals surface area contributed by atoms with Gasteiger partial charge in [-0.3, -0.25) is 0 Å². The average Bonchev–Trinajstić information content (AvgIpc) is 2.16. The molecule has 2 nitrogen and oxygen atoms in total. The molecular weight excluding hydrogens is 181 g/mol. The third kappa shape index (κ3) is 2.16. The lowest BCUT2D eigenvalue weighted by molar-refractivity contribution is 0.386. The molecule has 0 saturated heterocycles. The molecule has 14 heavy (non-hydrogen) atoms. The second-order valence-electron chi connectivity index (χ2n) is 3.52. The Kier molecular flexibility index (Phi) is 3.33. The highest BCUT2D eigenvalue weighted by Gasteiger charge is 2.08. The minimum atomic E-state index is -0.322. The highest BCUT2D eigenvalue weighted by atomic mass is 19.1. The van der Waals surface area contributed by atoms with Crippen LogP contribution in [0.3, 0.4) is 0 Å². The largest absolute Gasteiger partial charge is 0.494 e. The molecule has 78 valence electrons.